The van der Waals surface area contributed by atoms with Crippen molar-refractivity contribution < 1.29 is 17.6 Å². The number of carbonyl (C=O) groups is 1. The highest BCUT2D eigenvalue weighted by Gasteiger charge is 2.39. The Morgan fingerprint density at radius 2 is 1.81 bits per heavy atom. The van der Waals surface area contributed by atoms with Gasteiger partial charge in [-0.05, 0) is 56.9 Å². The molecule has 1 saturated carbocycles. The lowest BCUT2D eigenvalue weighted by molar-refractivity contribution is 0.0924. The Balaban J connectivity index is 1.65. The van der Waals surface area contributed by atoms with Crippen LogP contribution in [0.1, 0.15) is 72.9 Å². The van der Waals surface area contributed by atoms with E-state index in [9.17, 15) is 17.6 Å². The Hall–Kier alpha value is -2.39. The Morgan fingerprint density at radius 1 is 1.10 bits per heavy atom. The molecule has 166 valence electrons. The van der Waals surface area contributed by atoms with Gasteiger partial charge >= 0.3 is 0 Å². The van der Waals surface area contributed by atoms with Gasteiger partial charge in [-0.1, -0.05) is 19.3 Å². The normalized spacial score (nSPS) is 20.6. The zero-order chi connectivity index (χ0) is 22.0. The minimum atomic E-state index is -3.86. The Labute approximate surface area is 182 Å². The summed E-state index contributed by atoms with van der Waals surface area (Å²) in [6.07, 6.45) is 7.96. The van der Waals surface area contributed by atoms with Crippen molar-refractivity contribution in [3.63, 3.8) is 0 Å². The van der Waals surface area contributed by atoms with Crippen LogP contribution in [0.5, 0.6) is 0 Å². The summed E-state index contributed by atoms with van der Waals surface area (Å²) in [5.41, 5.74) is 0.756. The molecular weight excluding hydrogens is 419 g/mol. The summed E-state index contributed by atoms with van der Waals surface area (Å²) in [4.78, 5) is 21.8. The molecule has 9 heteroatoms. The van der Waals surface area contributed by atoms with Crippen LogP contribution in [0.3, 0.4) is 0 Å². The molecule has 1 N–H and O–H groups in total. The number of hydrogen-bond acceptors (Lipinski definition) is 5. The second-order valence-corrected chi connectivity index (χ2v) is 10.1. The number of aryl methyl sites for hydroxylation is 1. The molecule has 0 bridgehead atoms. The van der Waals surface area contributed by atoms with Gasteiger partial charge < -0.3 is 5.32 Å². The van der Waals surface area contributed by atoms with Crippen molar-refractivity contribution in [2.45, 2.75) is 68.8 Å². The number of carbonyl (C=O) groups excluding carboxylic acids is 1. The molecule has 2 heterocycles. The molecule has 0 spiro atoms. The highest BCUT2D eigenvalue weighted by molar-refractivity contribution is 7.89. The molecule has 1 saturated heterocycles. The van der Waals surface area contributed by atoms with Crippen LogP contribution in [0.15, 0.2) is 35.4 Å². The van der Waals surface area contributed by atoms with E-state index in [0.29, 0.717) is 36.5 Å². The number of hydrogen-bond donors (Lipinski definition) is 1. The standard InChI is InChI=1S/C22H27FN4O3S/c1-15-24-14-19(22(28)26-17-6-3-2-4-7-17)21(25-15)20-8-5-13-27(20)31(29,30)18-11-9-16(23)10-12-18/h9-12,14,17,20H,2-8,13H2,1H3,(H,26,28). The van der Waals surface area contributed by atoms with Crippen LogP contribution in [0, 0.1) is 12.7 Å². The number of halogens is 1. The summed E-state index contributed by atoms with van der Waals surface area (Å²) in [6, 6.07) is 4.36. The molecule has 2 fully saturated rings. The first-order chi connectivity index (χ1) is 14.9. The average Bonchev–Trinajstić information content (AvgIpc) is 3.25. The molecule has 0 radical (unpaired) electrons. The Morgan fingerprint density at radius 3 is 2.52 bits per heavy atom. The van der Waals surface area contributed by atoms with E-state index in [1.807, 2.05) is 0 Å². The molecule has 2 aliphatic rings. The molecule has 2 aromatic rings. The van der Waals surface area contributed by atoms with Gasteiger partial charge in [0.05, 0.1) is 22.2 Å². The van der Waals surface area contributed by atoms with Crippen molar-refractivity contribution in [3.8, 4) is 0 Å². The lowest BCUT2D eigenvalue weighted by atomic mass is 9.95. The van der Waals surface area contributed by atoms with Crippen molar-refractivity contribution in [1.29, 1.82) is 0 Å². The number of amides is 1. The first-order valence-corrected chi connectivity index (χ1v) is 12.2. The highest BCUT2D eigenvalue weighted by atomic mass is 32.2. The zero-order valence-electron chi connectivity index (χ0n) is 17.6. The molecule has 7 nitrogen and oxygen atoms in total. The van der Waals surface area contributed by atoms with Gasteiger partial charge in [-0.2, -0.15) is 4.31 Å². The summed E-state index contributed by atoms with van der Waals surface area (Å²) < 4.78 is 41.2. The molecule has 31 heavy (non-hydrogen) atoms. The van der Waals surface area contributed by atoms with E-state index in [2.05, 4.69) is 15.3 Å². The summed E-state index contributed by atoms with van der Waals surface area (Å²) in [6.45, 7) is 2.04. The van der Waals surface area contributed by atoms with Crippen molar-refractivity contribution in [2.24, 2.45) is 0 Å². The molecule has 1 aliphatic carbocycles. The van der Waals surface area contributed by atoms with Gasteiger partial charge in [0.15, 0.2) is 0 Å². The first-order valence-electron chi connectivity index (χ1n) is 10.8. The number of aromatic nitrogens is 2. The van der Waals surface area contributed by atoms with E-state index in [1.165, 1.54) is 29.1 Å². The number of rotatable bonds is 5. The summed E-state index contributed by atoms with van der Waals surface area (Å²) in [5.74, 6) is -0.270. The average molecular weight is 447 g/mol. The quantitative estimate of drug-likeness (QED) is 0.759. The molecule has 1 aromatic heterocycles. The van der Waals surface area contributed by atoms with E-state index < -0.39 is 21.9 Å². The fourth-order valence-corrected chi connectivity index (χ4v) is 6.13. The number of nitrogens with zero attached hydrogens (tertiary/aromatic N) is 3. The van der Waals surface area contributed by atoms with E-state index >= 15 is 0 Å². The lowest BCUT2D eigenvalue weighted by Gasteiger charge is -2.26. The minimum Gasteiger partial charge on any atom is -0.349 e. The van der Waals surface area contributed by atoms with Crippen LogP contribution < -0.4 is 5.32 Å². The van der Waals surface area contributed by atoms with Crippen LogP contribution in [0.4, 0.5) is 4.39 Å². The van der Waals surface area contributed by atoms with Crippen LogP contribution in [-0.2, 0) is 10.0 Å². The van der Waals surface area contributed by atoms with Gasteiger partial charge in [0.2, 0.25) is 10.0 Å². The van der Waals surface area contributed by atoms with Crippen LogP contribution in [0.25, 0.3) is 0 Å². The smallest absolute Gasteiger partial charge is 0.254 e. The van der Waals surface area contributed by atoms with Gasteiger partial charge in [-0.3, -0.25) is 4.79 Å². The maximum Gasteiger partial charge on any atom is 0.254 e. The van der Waals surface area contributed by atoms with Crippen molar-refractivity contribution in [2.75, 3.05) is 6.54 Å². The monoisotopic (exact) mass is 446 g/mol. The van der Waals surface area contributed by atoms with Crippen LogP contribution in [-0.4, -0.2) is 41.2 Å². The second kappa shape index (κ2) is 9.00. The van der Waals surface area contributed by atoms with E-state index in [4.69, 9.17) is 0 Å². The molecule has 1 atom stereocenters. The predicted molar refractivity (Wildman–Crippen MR) is 113 cm³/mol. The predicted octanol–water partition coefficient (Wildman–Crippen LogP) is 3.51. The Bertz CT molecular complexity index is 1050. The lowest BCUT2D eigenvalue weighted by Crippen LogP contribution is -2.38. The molecule has 4 rings (SSSR count). The van der Waals surface area contributed by atoms with Crippen molar-refractivity contribution in [1.82, 2.24) is 19.6 Å². The first kappa shape index (κ1) is 21.8. The van der Waals surface area contributed by atoms with Gasteiger partial charge in [0.25, 0.3) is 5.91 Å². The molecule has 1 amide bonds. The van der Waals surface area contributed by atoms with E-state index in [1.54, 1.807) is 6.92 Å². The fourth-order valence-electron chi connectivity index (χ4n) is 4.47. The maximum atomic E-state index is 13.3. The third-order valence-corrected chi connectivity index (χ3v) is 7.99. The third-order valence-electron chi connectivity index (χ3n) is 6.06. The topological polar surface area (TPSA) is 92.3 Å². The number of nitrogens with one attached hydrogen (secondary N) is 1. The van der Waals surface area contributed by atoms with Gasteiger partial charge in [0.1, 0.15) is 11.6 Å². The Kier molecular flexibility index (Phi) is 6.34. The van der Waals surface area contributed by atoms with Crippen molar-refractivity contribution in [3.05, 3.63) is 53.4 Å². The van der Waals surface area contributed by atoms with Crippen molar-refractivity contribution >= 4 is 15.9 Å². The van der Waals surface area contributed by atoms with Gasteiger partial charge in [0, 0.05) is 18.8 Å². The SMILES string of the molecule is Cc1ncc(C(=O)NC2CCCCC2)c(C2CCCN2S(=O)(=O)c2ccc(F)cc2)n1. The maximum absolute atomic E-state index is 13.3. The largest absolute Gasteiger partial charge is 0.349 e. The molecule has 1 aromatic carbocycles. The van der Waals surface area contributed by atoms with E-state index in [-0.39, 0.29) is 16.8 Å². The summed E-state index contributed by atoms with van der Waals surface area (Å²) in [5, 5.41) is 3.08. The van der Waals surface area contributed by atoms with Crippen LogP contribution >= 0.6 is 0 Å². The molecule has 1 aliphatic heterocycles. The summed E-state index contributed by atoms with van der Waals surface area (Å²) >= 11 is 0. The van der Waals surface area contributed by atoms with Gasteiger partial charge in [-0.15, -0.1) is 0 Å². The second-order valence-electron chi connectivity index (χ2n) is 8.25. The minimum absolute atomic E-state index is 0.0276. The summed E-state index contributed by atoms with van der Waals surface area (Å²) in [7, 11) is -3.86. The third kappa shape index (κ3) is 4.62. The zero-order valence-corrected chi connectivity index (χ0v) is 18.4. The van der Waals surface area contributed by atoms with Gasteiger partial charge in [-0.25, -0.2) is 22.8 Å². The molecule has 1 unspecified atom stereocenters. The van der Waals surface area contributed by atoms with E-state index in [0.717, 1.165) is 37.8 Å². The molecular formula is C22H27FN4O3S. The highest BCUT2D eigenvalue weighted by Crippen LogP contribution is 2.37. The van der Waals surface area contributed by atoms with Crippen LogP contribution in [0.2, 0.25) is 0 Å². The number of benzene rings is 1. The fraction of sp³-hybridized carbons (Fsp3) is 0.500. The number of sulfonamides is 1.